The number of aromatic nitrogens is 2. The van der Waals surface area contributed by atoms with Crippen LogP contribution in [0.3, 0.4) is 0 Å². The third-order valence-electron chi connectivity index (χ3n) is 2.10. The zero-order valence-corrected chi connectivity index (χ0v) is 9.24. The summed E-state index contributed by atoms with van der Waals surface area (Å²) in [7, 11) is 0. The molecule has 6 N–H and O–H groups in total. The van der Waals surface area contributed by atoms with Gasteiger partial charge in [0.05, 0.1) is 5.56 Å². The number of nitrogen functional groups attached to an aromatic ring is 1. The number of para-hydroxylation sites is 1. The van der Waals surface area contributed by atoms with Gasteiger partial charge in [0.2, 0.25) is 12.1 Å². The van der Waals surface area contributed by atoms with E-state index in [0.717, 1.165) is 0 Å². The first-order valence-electron chi connectivity index (χ1n) is 4.97. The molecule has 8 nitrogen and oxygen atoms in total. The molecule has 2 rings (SSSR count). The number of hydrazone groups is 1. The fourth-order valence-corrected chi connectivity index (χ4v) is 1.21. The third-order valence-corrected chi connectivity index (χ3v) is 2.10. The molecular weight excluding hydrogens is 236 g/mol. The van der Waals surface area contributed by atoms with Crippen molar-refractivity contribution in [2.45, 2.75) is 0 Å². The van der Waals surface area contributed by atoms with Crippen LogP contribution in [0.4, 0.5) is 5.82 Å². The molecule has 0 aliphatic rings. The average molecular weight is 247 g/mol. The van der Waals surface area contributed by atoms with Gasteiger partial charge in [-0.25, -0.2) is 4.63 Å². The molecule has 0 fully saturated rings. The minimum Gasteiger partial charge on any atom is -0.507 e. The summed E-state index contributed by atoms with van der Waals surface area (Å²) in [4.78, 5) is 0. The molecule has 1 heterocycles. The number of rotatable bonds is 3. The molecule has 0 aliphatic carbocycles. The van der Waals surface area contributed by atoms with Gasteiger partial charge < -0.3 is 16.6 Å². The fraction of sp³-hybridized carbons (Fsp3) is 0. The highest BCUT2D eigenvalue weighted by Gasteiger charge is 2.11. The van der Waals surface area contributed by atoms with Gasteiger partial charge in [-0.1, -0.05) is 12.1 Å². The Morgan fingerprint density at radius 1 is 1.39 bits per heavy atom. The van der Waals surface area contributed by atoms with Gasteiger partial charge in [0, 0.05) is 5.10 Å². The number of phenolic OH excluding ortho intramolecular Hbond substituents is 1. The van der Waals surface area contributed by atoms with Crippen molar-refractivity contribution >= 4 is 17.9 Å². The van der Waals surface area contributed by atoms with Crippen molar-refractivity contribution in [2.75, 3.05) is 5.73 Å². The molecule has 1 aromatic heterocycles. The van der Waals surface area contributed by atoms with E-state index in [2.05, 4.69) is 25.1 Å². The predicted octanol–water partition coefficient (Wildman–Crippen LogP) is -1.82. The second kappa shape index (κ2) is 4.95. The molecule has 8 heteroatoms. The molecule has 0 bridgehead atoms. The van der Waals surface area contributed by atoms with Crippen LogP contribution >= 0.6 is 0 Å². The fourth-order valence-electron chi connectivity index (χ4n) is 1.21. The molecular formula is C10H11N6O2+. The number of anilines is 1. The highest BCUT2D eigenvalue weighted by Crippen LogP contribution is 2.11. The van der Waals surface area contributed by atoms with E-state index in [4.69, 9.17) is 11.5 Å². The Morgan fingerprint density at radius 2 is 2.17 bits per heavy atom. The molecule has 92 valence electrons. The van der Waals surface area contributed by atoms with E-state index < -0.39 is 0 Å². The summed E-state index contributed by atoms with van der Waals surface area (Å²) >= 11 is 0. The lowest BCUT2D eigenvalue weighted by atomic mass is 10.2. The number of hydrogen-bond donors (Lipinski definition) is 4. The molecule has 1 aromatic carbocycles. The Balaban J connectivity index is 2.16. The molecule has 0 atom stereocenters. The summed E-state index contributed by atoms with van der Waals surface area (Å²) in [5.41, 5.74) is 11.8. The Hall–Kier alpha value is -2.90. The van der Waals surface area contributed by atoms with Crippen LogP contribution in [-0.2, 0) is 0 Å². The predicted molar refractivity (Wildman–Crippen MR) is 63.7 cm³/mol. The van der Waals surface area contributed by atoms with Gasteiger partial charge in [0.1, 0.15) is 5.75 Å². The van der Waals surface area contributed by atoms with Crippen molar-refractivity contribution in [3.63, 3.8) is 0 Å². The van der Waals surface area contributed by atoms with Crippen molar-refractivity contribution in [1.82, 2.24) is 10.3 Å². The largest absolute Gasteiger partial charge is 0.507 e. The molecule has 0 aliphatic heterocycles. The number of hydrogen-bond acceptors (Lipinski definition) is 6. The van der Waals surface area contributed by atoms with Crippen molar-refractivity contribution in [1.29, 1.82) is 0 Å². The first-order valence-corrected chi connectivity index (χ1v) is 4.97. The first kappa shape index (κ1) is 11.6. The number of nitrogens with one attached hydrogen (secondary N) is 1. The van der Waals surface area contributed by atoms with E-state index in [1.54, 1.807) is 24.3 Å². The van der Waals surface area contributed by atoms with Crippen LogP contribution in [0.1, 0.15) is 11.3 Å². The van der Waals surface area contributed by atoms with Gasteiger partial charge in [-0.3, -0.25) is 0 Å². The SMILES string of the molecule is NC(=N[NH+]=Cc1ccccc1O)c1nonc1N. The second-order valence-corrected chi connectivity index (χ2v) is 3.33. The lowest BCUT2D eigenvalue weighted by Gasteiger charge is -1.92. The molecule has 0 saturated carbocycles. The van der Waals surface area contributed by atoms with Gasteiger partial charge in [0.15, 0.2) is 11.5 Å². The summed E-state index contributed by atoms with van der Waals surface area (Å²) in [6.45, 7) is 0. The van der Waals surface area contributed by atoms with Crippen LogP contribution in [-0.4, -0.2) is 27.5 Å². The van der Waals surface area contributed by atoms with Gasteiger partial charge in [-0.2, -0.15) is 0 Å². The van der Waals surface area contributed by atoms with Crippen LogP contribution in [0.15, 0.2) is 34.0 Å². The van der Waals surface area contributed by atoms with Crippen molar-refractivity contribution in [3.05, 3.63) is 35.5 Å². The number of phenols is 1. The Bertz CT molecular complexity index is 604. The van der Waals surface area contributed by atoms with Crippen molar-refractivity contribution < 1.29 is 14.8 Å². The van der Waals surface area contributed by atoms with Crippen LogP contribution in [0.25, 0.3) is 0 Å². The molecule has 0 unspecified atom stereocenters. The van der Waals surface area contributed by atoms with E-state index >= 15 is 0 Å². The average Bonchev–Trinajstić information content (AvgIpc) is 2.78. The van der Waals surface area contributed by atoms with E-state index in [1.807, 2.05) is 0 Å². The van der Waals surface area contributed by atoms with Crippen LogP contribution in [0.5, 0.6) is 5.75 Å². The van der Waals surface area contributed by atoms with Gasteiger partial charge in [-0.15, -0.1) is 5.10 Å². The van der Waals surface area contributed by atoms with Crippen LogP contribution in [0.2, 0.25) is 0 Å². The topological polar surface area (TPSA) is 138 Å². The maximum absolute atomic E-state index is 9.50. The second-order valence-electron chi connectivity index (χ2n) is 3.33. The van der Waals surface area contributed by atoms with E-state index in [1.165, 1.54) is 6.21 Å². The molecule has 0 amide bonds. The minimum absolute atomic E-state index is 0.0282. The molecule has 0 saturated heterocycles. The highest BCUT2D eigenvalue weighted by molar-refractivity contribution is 5.98. The zero-order valence-electron chi connectivity index (χ0n) is 9.24. The third kappa shape index (κ3) is 2.43. The number of nitrogens with zero attached hydrogens (tertiary/aromatic N) is 3. The van der Waals surface area contributed by atoms with Crippen LogP contribution in [0, 0.1) is 0 Å². The van der Waals surface area contributed by atoms with Gasteiger partial charge >= 0.3 is 0 Å². The summed E-state index contributed by atoms with van der Waals surface area (Å²) < 4.78 is 4.39. The summed E-state index contributed by atoms with van der Waals surface area (Å²) in [6, 6.07) is 6.76. The Morgan fingerprint density at radius 3 is 2.83 bits per heavy atom. The number of benzene rings is 1. The smallest absolute Gasteiger partial charge is 0.224 e. The quantitative estimate of drug-likeness (QED) is 0.286. The highest BCUT2D eigenvalue weighted by atomic mass is 16.6. The van der Waals surface area contributed by atoms with E-state index in [9.17, 15) is 5.11 Å². The minimum atomic E-state index is 0.0282. The van der Waals surface area contributed by atoms with Gasteiger partial charge in [0.25, 0.3) is 0 Å². The summed E-state index contributed by atoms with van der Waals surface area (Å²) in [6.07, 6.45) is 1.48. The molecule has 0 radical (unpaired) electrons. The summed E-state index contributed by atoms with van der Waals surface area (Å²) in [5.74, 6) is 0.211. The van der Waals surface area contributed by atoms with E-state index in [-0.39, 0.29) is 23.1 Å². The van der Waals surface area contributed by atoms with E-state index in [0.29, 0.717) is 5.56 Å². The molecule has 2 aromatic rings. The summed E-state index contributed by atoms with van der Waals surface area (Å²) in [5, 5.41) is 22.7. The van der Waals surface area contributed by atoms with Gasteiger partial charge in [-0.05, 0) is 22.4 Å². The Kier molecular flexibility index (Phi) is 3.19. The Labute approximate surface area is 102 Å². The monoisotopic (exact) mass is 247 g/mol. The zero-order chi connectivity index (χ0) is 13.0. The number of amidine groups is 1. The maximum Gasteiger partial charge on any atom is 0.224 e. The molecule has 18 heavy (non-hydrogen) atoms. The molecule has 0 spiro atoms. The lowest BCUT2D eigenvalue weighted by molar-refractivity contribution is -0.456. The standard InChI is InChI=1S/C10H10N6O2/c11-9(8-10(12)16-18-15-8)14-13-5-6-3-1-2-4-7(6)17/h1-5,17H,(H2,11,14)(H2,12,16)/p+1. The van der Waals surface area contributed by atoms with Crippen molar-refractivity contribution in [2.24, 2.45) is 10.8 Å². The number of nitrogens with two attached hydrogens (primary N) is 2. The van der Waals surface area contributed by atoms with Crippen molar-refractivity contribution in [3.8, 4) is 5.75 Å². The normalized spacial score (nSPS) is 12.1. The number of aromatic hydroxyl groups is 1. The lowest BCUT2D eigenvalue weighted by Crippen LogP contribution is -2.63. The first-order chi connectivity index (χ1) is 8.68. The maximum atomic E-state index is 9.50. The van der Waals surface area contributed by atoms with Crippen LogP contribution < -0.4 is 16.6 Å².